The van der Waals surface area contributed by atoms with Crippen molar-refractivity contribution >= 4 is 91.3 Å². The Morgan fingerprint density at radius 1 is 1.04 bits per heavy atom. The molecule has 3 aliphatic heterocycles. The van der Waals surface area contributed by atoms with Crippen molar-refractivity contribution in [1.29, 1.82) is 0 Å². The summed E-state index contributed by atoms with van der Waals surface area (Å²) >= 11 is 5.54. The highest BCUT2D eigenvalue weighted by Gasteiger charge is 2.54. The van der Waals surface area contributed by atoms with E-state index in [0.717, 1.165) is 6.92 Å². The number of aliphatic hydroxyl groups is 3. The van der Waals surface area contributed by atoms with E-state index in [2.05, 4.69) is 45.7 Å². The lowest BCUT2D eigenvalue weighted by Gasteiger charge is -2.32. The number of para-hydroxylation sites is 1. The van der Waals surface area contributed by atoms with Crippen LogP contribution in [0.25, 0.3) is 0 Å². The molecule has 3 aliphatic rings. The Morgan fingerprint density at radius 2 is 1.65 bits per heavy atom. The van der Waals surface area contributed by atoms with E-state index in [1.807, 2.05) is 13.9 Å². The summed E-state index contributed by atoms with van der Waals surface area (Å²) in [4.78, 5) is 45.9. The van der Waals surface area contributed by atoms with Gasteiger partial charge in [0.05, 0.1) is 19.2 Å². The Balaban J connectivity index is 0.000000273. The molecule has 2 saturated heterocycles. The molecular formula is C19H33B2ClO20P7. The molecule has 0 bridgehead atoms. The Morgan fingerprint density at radius 3 is 2.14 bits per heavy atom. The molecule has 1 aromatic carbocycles. The normalized spacial score (nSPS) is 34.8. The third kappa shape index (κ3) is 12.9. The molecule has 4 rings (SSSR count). The topological polar surface area (TPSA) is 293 Å². The molecule has 3 heterocycles. The third-order valence-corrected chi connectivity index (χ3v) is 12.7. The van der Waals surface area contributed by atoms with Crippen LogP contribution in [-0.4, -0.2) is 117 Å². The molecule has 0 amide bonds. The monoisotopic (exact) mass is 855 g/mol. The van der Waals surface area contributed by atoms with Gasteiger partial charge >= 0.3 is 37.2 Å². The van der Waals surface area contributed by atoms with E-state index in [4.69, 9.17) is 61.9 Å². The first-order chi connectivity index (χ1) is 22.5. The maximum Gasteiger partial charge on any atom is 0.490 e. The maximum atomic E-state index is 11.4. The highest BCUT2D eigenvalue weighted by Crippen LogP contribution is 2.66. The quantitative estimate of drug-likeness (QED) is 0.121. The second-order valence-corrected chi connectivity index (χ2v) is 17.1. The van der Waals surface area contributed by atoms with Gasteiger partial charge in [-0.2, -0.15) is 17.7 Å². The van der Waals surface area contributed by atoms with Crippen LogP contribution in [0.2, 0.25) is 0 Å². The smallest absolute Gasteiger partial charge is 0.426 e. The summed E-state index contributed by atoms with van der Waals surface area (Å²) in [7, 11) is -5.80. The fraction of sp³-hybridized carbons (Fsp3) is 0.632. The largest absolute Gasteiger partial charge is 0.490 e. The Bertz CT molecular complexity index is 1410. The van der Waals surface area contributed by atoms with Crippen molar-refractivity contribution in [2.24, 2.45) is 0 Å². The van der Waals surface area contributed by atoms with Gasteiger partial charge in [0.25, 0.3) is 0 Å². The molecule has 30 heteroatoms. The summed E-state index contributed by atoms with van der Waals surface area (Å²) in [5, 5.41) is 28.5. The fourth-order valence-electron chi connectivity index (χ4n) is 4.13. The minimum Gasteiger partial charge on any atom is -0.426 e. The zero-order valence-corrected chi connectivity index (χ0v) is 33.0. The van der Waals surface area contributed by atoms with E-state index >= 15 is 0 Å². The minimum absolute atomic E-state index is 0.0856. The van der Waals surface area contributed by atoms with E-state index in [1.54, 1.807) is 24.3 Å². The number of fused-ring (bicyclic) bond motifs is 1. The van der Waals surface area contributed by atoms with Crippen LogP contribution in [0.15, 0.2) is 24.3 Å². The van der Waals surface area contributed by atoms with Gasteiger partial charge in [-0.25, -0.2) is 18.5 Å². The van der Waals surface area contributed by atoms with E-state index in [0.29, 0.717) is 11.3 Å². The summed E-state index contributed by atoms with van der Waals surface area (Å²) in [5.74, 6) is 0.0767. The lowest BCUT2D eigenvalue weighted by molar-refractivity contribution is -0.0465. The van der Waals surface area contributed by atoms with Gasteiger partial charge in [0, 0.05) is 24.9 Å². The summed E-state index contributed by atoms with van der Waals surface area (Å²) in [6, 6.07) is 5.28. The SMILES string of the molecule is C[C@]1(OP)[C@H]([B]P)O[C@H](CO)[C@H]1OP.O=C1OP(Cl)Oc2ccccc21.[B][C@@H]1O[C@H](COP(=O)(O)OP(=O)(O)OP(=O)(O)O)[C@@H](O)[C@@]1(C)O. The van der Waals surface area contributed by atoms with Crippen molar-refractivity contribution in [2.75, 3.05) is 13.2 Å². The Hall–Kier alpha value is 0.760. The predicted molar refractivity (Wildman–Crippen MR) is 181 cm³/mol. The first-order valence-corrected chi connectivity index (χ1v) is 21.3. The number of hydrogen-bond donors (Lipinski definition) is 7. The van der Waals surface area contributed by atoms with Crippen LogP contribution in [0.3, 0.4) is 0 Å². The molecule has 1 aromatic rings. The van der Waals surface area contributed by atoms with Crippen LogP contribution in [0.1, 0.15) is 24.2 Å². The van der Waals surface area contributed by atoms with Crippen molar-refractivity contribution < 1.29 is 94.1 Å². The van der Waals surface area contributed by atoms with Gasteiger partial charge in [0.2, 0.25) is 0 Å². The molecule has 2 fully saturated rings. The van der Waals surface area contributed by atoms with Crippen molar-refractivity contribution in [1.82, 2.24) is 0 Å². The number of carbonyl (C=O) groups excluding carboxylic acids is 1. The molecule has 0 spiro atoms. The van der Waals surface area contributed by atoms with Gasteiger partial charge in [0.15, 0.2) is 7.00 Å². The van der Waals surface area contributed by atoms with Crippen molar-refractivity contribution in [2.45, 2.75) is 61.5 Å². The minimum atomic E-state index is -5.63. The number of benzene rings is 1. The first kappa shape index (κ1) is 45.9. The summed E-state index contributed by atoms with van der Waals surface area (Å²) in [6.45, 7) is 3.84. The van der Waals surface area contributed by atoms with Crippen LogP contribution in [0.4, 0.5) is 0 Å². The Labute approximate surface area is 295 Å². The Kier molecular flexibility index (Phi) is 17.7. The molecule has 14 atom stereocenters. The summed E-state index contributed by atoms with van der Waals surface area (Å²) in [6.07, 6.45) is -3.67. The third-order valence-electron chi connectivity index (χ3n) is 6.64. The zero-order chi connectivity index (χ0) is 37.6. The average molecular weight is 855 g/mol. The lowest BCUT2D eigenvalue weighted by Crippen LogP contribution is -2.48. The molecular weight excluding hydrogens is 822 g/mol. The predicted octanol–water partition coefficient (Wildman–Crippen LogP) is 0.975. The average Bonchev–Trinajstić information content (AvgIpc) is 3.38. The highest BCUT2D eigenvalue weighted by atomic mass is 35.7. The molecule has 0 aromatic heterocycles. The van der Waals surface area contributed by atoms with E-state index in [9.17, 15) is 33.6 Å². The van der Waals surface area contributed by atoms with Gasteiger partial charge in [-0.3, -0.25) is 4.52 Å². The molecule has 0 saturated carbocycles. The van der Waals surface area contributed by atoms with Gasteiger partial charge in [-0.1, -0.05) is 12.1 Å². The molecule has 20 nitrogen and oxygen atoms in total. The number of halogens is 1. The maximum absolute atomic E-state index is 11.4. The van der Waals surface area contributed by atoms with Crippen molar-refractivity contribution in [3.8, 4) is 5.75 Å². The molecule has 7 N–H and O–H groups in total. The van der Waals surface area contributed by atoms with E-state index < -0.39 is 73.2 Å². The number of carbonyl (C=O) groups is 1. The van der Waals surface area contributed by atoms with Crippen molar-refractivity contribution in [3.63, 3.8) is 0 Å². The standard InChI is InChI=1S/C7H4ClO3P.C6H14BO13P3.C6H15BO4P3/c8-12-10-6-4-2-1-3-5(6)7(9)11-12;1-6(9)4(8)3(18-5(6)7)2-17-22(13,14)20-23(15,16)19-21(10,11)12;1-6(11-14)4(10-13)3(2-8)9-5(6)7-12/h1-4H;3-5,8-9H,2H2,1H3,(H,13,14)(H,15,16)(H2,10,11,12);3-5,8H,2,12-14H2,1H3/t;2*3-,4-,5-,6-/m.11/s1. The first-order valence-electron chi connectivity index (χ1n) is 13.1. The summed E-state index contributed by atoms with van der Waals surface area (Å²) in [5.41, 5.74) is -2.05. The molecule has 0 aliphatic carbocycles. The highest BCUT2D eigenvalue weighted by molar-refractivity contribution is 7.76. The number of hydrogen-bond acceptors (Lipinski definition) is 16. The van der Waals surface area contributed by atoms with Gasteiger partial charge in [-0.15, -0.1) is 0 Å². The van der Waals surface area contributed by atoms with Crippen molar-refractivity contribution in [3.05, 3.63) is 29.8 Å². The molecule has 3 radical (unpaired) electrons. The van der Waals surface area contributed by atoms with Crippen LogP contribution in [0, 0.1) is 0 Å². The molecule has 6 unspecified atom stereocenters. The van der Waals surface area contributed by atoms with Gasteiger partial charge < -0.3 is 62.5 Å². The lowest BCUT2D eigenvalue weighted by atomic mass is 9.81. The zero-order valence-electron chi connectivity index (χ0n) is 25.2. The summed E-state index contributed by atoms with van der Waals surface area (Å²) < 4.78 is 74.9. The second-order valence-electron chi connectivity index (χ2n) is 10.2. The van der Waals surface area contributed by atoms with Crippen LogP contribution >= 0.6 is 70.5 Å². The molecule has 277 valence electrons. The number of aliphatic hydroxyl groups excluding tert-OH is 2. The second kappa shape index (κ2) is 18.9. The van der Waals surface area contributed by atoms with Gasteiger partial charge in [-0.05, 0) is 37.2 Å². The number of ether oxygens (including phenoxy) is 2. The number of phosphoric acid groups is 3. The van der Waals surface area contributed by atoms with E-state index in [-0.39, 0.29) is 24.8 Å². The van der Waals surface area contributed by atoms with E-state index in [1.165, 1.54) is 0 Å². The van der Waals surface area contributed by atoms with Crippen LogP contribution in [0.5, 0.6) is 5.75 Å². The fourth-order valence-corrected chi connectivity index (χ4v) is 9.34. The van der Waals surface area contributed by atoms with Gasteiger partial charge in [0.1, 0.15) is 54.8 Å². The number of phosphoric ester groups is 1. The number of rotatable bonds is 11. The molecule has 49 heavy (non-hydrogen) atoms. The van der Waals surface area contributed by atoms with Crippen LogP contribution in [-0.2, 0) is 49.9 Å². The van der Waals surface area contributed by atoms with Crippen LogP contribution < -0.4 is 4.52 Å².